The zero-order valence-corrected chi connectivity index (χ0v) is 37.8. The lowest BCUT2D eigenvalue weighted by molar-refractivity contribution is -0.138. The monoisotopic (exact) mass is 890 g/mol. The predicted molar refractivity (Wildman–Crippen MR) is 241 cm³/mol. The Hall–Kier alpha value is -6.20. The van der Waals surface area contributed by atoms with E-state index in [1.807, 2.05) is 42.8 Å². The molecule has 1 unspecified atom stereocenters. The molecule has 2 aromatic heterocycles. The van der Waals surface area contributed by atoms with Crippen LogP contribution < -0.4 is 15.4 Å². The number of carbonyl (C=O) groups excluding carboxylic acids is 4. The van der Waals surface area contributed by atoms with Gasteiger partial charge in [0.25, 0.3) is 0 Å². The summed E-state index contributed by atoms with van der Waals surface area (Å²) in [7, 11) is 4.26. The largest absolute Gasteiger partial charge is 0.488 e. The van der Waals surface area contributed by atoms with Crippen LogP contribution in [0.3, 0.4) is 0 Å². The Labute approximate surface area is 377 Å². The van der Waals surface area contributed by atoms with Crippen LogP contribution in [0.1, 0.15) is 82.2 Å². The van der Waals surface area contributed by atoms with Gasteiger partial charge < -0.3 is 54.1 Å². The quantitative estimate of drug-likeness (QED) is 0.109. The van der Waals surface area contributed by atoms with Crippen LogP contribution in [0.5, 0.6) is 5.75 Å². The van der Waals surface area contributed by atoms with Crippen molar-refractivity contribution in [2.75, 3.05) is 47.7 Å². The molecule has 4 aliphatic heterocycles. The van der Waals surface area contributed by atoms with Crippen LogP contribution in [0.4, 0.5) is 9.59 Å². The lowest BCUT2D eigenvalue weighted by atomic mass is 9.90. The van der Waals surface area contributed by atoms with Gasteiger partial charge in [0.05, 0.1) is 55.8 Å². The van der Waals surface area contributed by atoms with E-state index in [4.69, 9.17) is 33.7 Å². The topological polar surface area (TPSA) is 202 Å². The Bertz CT molecular complexity index is 2600. The maximum atomic E-state index is 14.4. The molecule has 0 saturated carbocycles. The molecule has 0 spiro atoms. The van der Waals surface area contributed by atoms with Gasteiger partial charge in [-0.2, -0.15) is 0 Å². The zero-order valence-electron chi connectivity index (χ0n) is 37.8. The fraction of sp³-hybridized carbons (Fsp3) is 0.500. The minimum atomic E-state index is -0.751. The molecule has 6 atom stereocenters. The minimum Gasteiger partial charge on any atom is -0.488 e. The van der Waals surface area contributed by atoms with Crippen molar-refractivity contribution in [3.63, 3.8) is 0 Å². The Morgan fingerprint density at radius 3 is 2.42 bits per heavy atom. The molecule has 4 aliphatic rings. The summed E-state index contributed by atoms with van der Waals surface area (Å²) in [5.74, 6) is 1.70. The summed E-state index contributed by atoms with van der Waals surface area (Å²) < 4.78 is 27.3. The number of ether oxygens (including phenoxy) is 5. The van der Waals surface area contributed by atoms with Crippen molar-refractivity contribution in [3.8, 4) is 28.1 Å². The van der Waals surface area contributed by atoms with Gasteiger partial charge in [-0.15, -0.1) is 0 Å². The van der Waals surface area contributed by atoms with Gasteiger partial charge in [-0.05, 0) is 97.2 Å². The van der Waals surface area contributed by atoms with Crippen LogP contribution in [0.15, 0.2) is 48.7 Å². The first-order valence-electron chi connectivity index (χ1n) is 22.6. The van der Waals surface area contributed by atoms with E-state index in [1.165, 1.54) is 14.2 Å². The number of likely N-dealkylation sites (tertiary alicyclic amines) is 2. The molecule has 9 rings (SSSR count). The Balaban J connectivity index is 0.967. The van der Waals surface area contributed by atoms with E-state index in [1.54, 1.807) is 7.11 Å². The van der Waals surface area contributed by atoms with Crippen LogP contribution in [0, 0.1) is 17.8 Å². The molecule has 4 N–H and O–H groups in total. The zero-order chi connectivity index (χ0) is 45.5. The summed E-state index contributed by atoms with van der Waals surface area (Å²) in [4.78, 5) is 73.7. The highest BCUT2D eigenvalue weighted by molar-refractivity contribution is 6.07. The Kier molecular flexibility index (Phi) is 12.4. The van der Waals surface area contributed by atoms with Gasteiger partial charge >= 0.3 is 12.2 Å². The molecule has 6 heterocycles. The van der Waals surface area contributed by atoms with Gasteiger partial charge in [0.2, 0.25) is 11.8 Å². The molecule has 3 aromatic carbocycles. The predicted octanol–water partition coefficient (Wildman–Crippen LogP) is 6.79. The van der Waals surface area contributed by atoms with Crippen LogP contribution in [-0.2, 0) is 35.1 Å². The number of nitrogens with zero attached hydrogens (tertiary/aromatic N) is 4. The highest BCUT2D eigenvalue weighted by Crippen LogP contribution is 2.44. The smallest absolute Gasteiger partial charge is 0.407 e. The summed E-state index contributed by atoms with van der Waals surface area (Å²) in [6.07, 6.45) is 4.07. The highest BCUT2D eigenvalue weighted by Gasteiger charge is 2.44. The number of fused-ring (bicyclic) bond motifs is 6. The molecule has 3 fully saturated rings. The van der Waals surface area contributed by atoms with E-state index in [9.17, 15) is 19.2 Å². The highest BCUT2D eigenvalue weighted by atomic mass is 16.5. The number of rotatable bonds is 11. The van der Waals surface area contributed by atoms with E-state index in [0.29, 0.717) is 63.9 Å². The van der Waals surface area contributed by atoms with Crippen molar-refractivity contribution < 1.29 is 42.9 Å². The van der Waals surface area contributed by atoms with E-state index in [2.05, 4.69) is 57.0 Å². The molecule has 17 heteroatoms. The SMILES string of the molecule is COCC1C[C@@H](c2ncc(-c3ccc4c(c3)COc3cc5c(ccc6nc([C@@H]7CC[C@H](C)N7C(=O)[C@@H](NC(=O)OC)C(C)C)[nH]c65)cc3-4)[nH]2)N(C(=O)[C@@H](NC(=O)OC)C2CCOCC2)C1. The minimum absolute atomic E-state index is 0.0322. The third-order valence-electron chi connectivity index (χ3n) is 13.8. The van der Waals surface area contributed by atoms with E-state index < -0.39 is 24.3 Å². The summed E-state index contributed by atoms with van der Waals surface area (Å²) in [6.45, 7) is 8.25. The lowest BCUT2D eigenvalue weighted by Crippen LogP contribution is -2.53. The van der Waals surface area contributed by atoms with Gasteiger partial charge in [0.15, 0.2) is 0 Å². The lowest BCUT2D eigenvalue weighted by Gasteiger charge is -2.34. The molecule has 344 valence electrons. The van der Waals surface area contributed by atoms with Gasteiger partial charge in [-0.3, -0.25) is 9.59 Å². The molecule has 3 saturated heterocycles. The molecular formula is C48H58N8O9. The van der Waals surface area contributed by atoms with Crippen molar-refractivity contribution in [3.05, 3.63) is 65.9 Å². The van der Waals surface area contributed by atoms with E-state index >= 15 is 0 Å². The number of alkyl carbamates (subject to hydrolysis) is 2. The van der Waals surface area contributed by atoms with Crippen molar-refractivity contribution >= 4 is 45.8 Å². The number of hydrogen-bond acceptors (Lipinski definition) is 11. The van der Waals surface area contributed by atoms with Crippen molar-refractivity contribution in [1.82, 2.24) is 40.4 Å². The summed E-state index contributed by atoms with van der Waals surface area (Å²) in [5.41, 5.74) is 6.51. The fourth-order valence-electron chi connectivity index (χ4n) is 10.4. The average Bonchev–Trinajstić information content (AvgIpc) is 4.15. The normalized spacial score (nSPS) is 21.8. The maximum absolute atomic E-state index is 14.4. The molecule has 0 radical (unpaired) electrons. The first-order chi connectivity index (χ1) is 31.5. The molecule has 4 amide bonds. The molecule has 0 bridgehead atoms. The molecular weight excluding hydrogens is 833 g/mol. The van der Waals surface area contributed by atoms with Gasteiger partial charge in [-0.1, -0.05) is 32.0 Å². The maximum Gasteiger partial charge on any atom is 0.407 e. The van der Waals surface area contributed by atoms with Crippen molar-refractivity contribution in [1.29, 1.82) is 0 Å². The third-order valence-corrected chi connectivity index (χ3v) is 13.8. The first kappa shape index (κ1) is 44.0. The van der Waals surface area contributed by atoms with Crippen LogP contribution in [0.2, 0.25) is 0 Å². The molecule has 17 nitrogen and oxygen atoms in total. The Morgan fingerprint density at radius 1 is 0.877 bits per heavy atom. The second-order valence-corrected chi connectivity index (χ2v) is 18.2. The van der Waals surface area contributed by atoms with E-state index in [0.717, 1.165) is 68.3 Å². The summed E-state index contributed by atoms with van der Waals surface area (Å²) >= 11 is 0. The first-order valence-corrected chi connectivity index (χ1v) is 22.6. The second-order valence-electron chi connectivity index (χ2n) is 18.2. The number of aromatic amines is 2. The molecule has 65 heavy (non-hydrogen) atoms. The van der Waals surface area contributed by atoms with Crippen LogP contribution in [0.25, 0.3) is 44.2 Å². The van der Waals surface area contributed by atoms with Gasteiger partial charge in [0, 0.05) is 49.8 Å². The second kappa shape index (κ2) is 18.4. The molecule has 0 aliphatic carbocycles. The third kappa shape index (κ3) is 8.47. The Morgan fingerprint density at radius 2 is 1.66 bits per heavy atom. The van der Waals surface area contributed by atoms with Gasteiger partial charge in [0.1, 0.15) is 36.1 Å². The number of methoxy groups -OCH3 is 3. The van der Waals surface area contributed by atoms with Crippen LogP contribution >= 0.6 is 0 Å². The number of aromatic nitrogens is 4. The molecule has 5 aromatic rings. The number of carbonyl (C=O) groups is 4. The number of nitrogens with one attached hydrogen (secondary N) is 4. The average molecular weight is 891 g/mol. The fourth-order valence-corrected chi connectivity index (χ4v) is 10.4. The standard InChI is InChI=1S/C48H58N8O9/c1-25(2)40(53-47(59)62-5)46(58)56-26(3)7-12-37(56)44-50-35-11-9-29-19-34-32-10-8-30(18-31(32)24-65-39(34)20-33(29)42(35)52-44)36-21-49-43(51-36)38-17-27(23-61-4)22-55(38)45(57)41(54-48(60)63-6)28-13-15-64-16-14-28/h8-11,18-21,25-28,37-38,40-41H,7,12-17,22-24H2,1-6H3,(H,49,51)(H,50,52)(H,53,59)(H,54,60)/t26-,27?,37-,38-,40-,41-/m0/s1. The van der Waals surface area contributed by atoms with E-state index in [-0.39, 0.29) is 47.7 Å². The van der Waals surface area contributed by atoms with Crippen LogP contribution in [-0.4, -0.2) is 120 Å². The van der Waals surface area contributed by atoms with Gasteiger partial charge in [-0.25, -0.2) is 19.6 Å². The number of H-pyrrole nitrogens is 2. The number of hydrogen-bond donors (Lipinski definition) is 4. The summed E-state index contributed by atoms with van der Waals surface area (Å²) in [5, 5.41) is 7.56. The number of imidazole rings is 2. The summed E-state index contributed by atoms with van der Waals surface area (Å²) in [6, 6.07) is 12.5. The number of amides is 4. The number of benzene rings is 3. The van der Waals surface area contributed by atoms with Crippen molar-refractivity contribution in [2.24, 2.45) is 17.8 Å². The van der Waals surface area contributed by atoms with Crippen molar-refractivity contribution in [2.45, 2.75) is 89.7 Å².